The minimum absolute atomic E-state index is 0.0186. The molecular weight excluding hydrogens is 376 g/mol. The highest BCUT2D eigenvalue weighted by Gasteiger charge is 2.06. The Hall–Kier alpha value is -2.98. The topological polar surface area (TPSA) is 190 Å². The number of hydrogen-bond donors (Lipinski definition) is 6. The lowest BCUT2D eigenvalue weighted by molar-refractivity contribution is -0.139. The largest absolute Gasteiger partial charge is 0.481 e. The Labute approximate surface area is 161 Å². The van der Waals surface area contributed by atoms with Crippen LogP contribution in [0.25, 0.3) is 0 Å². The van der Waals surface area contributed by atoms with Crippen LogP contribution in [0.3, 0.4) is 0 Å². The molecule has 10 nitrogen and oxygen atoms in total. The van der Waals surface area contributed by atoms with Crippen molar-refractivity contribution < 1.29 is 49.8 Å². The van der Waals surface area contributed by atoms with Gasteiger partial charge < -0.3 is 30.6 Å². The van der Waals surface area contributed by atoms with E-state index in [0.29, 0.717) is 19.3 Å². The van der Waals surface area contributed by atoms with Crippen molar-refractivity contribution in [3.8, 4) is 0 Å². The molecular formula is C18H26O10. The van der Waals surface area contributed by atoms with E-state index in [0.717, 1.165) is 12.5 Å². The van der Waals surface area contributed by atoms with Gasteiger partial charge in [-0.2, -0.15) is 0 Å². The number of aliphatic hydroxyl groups excluding tert-OH is 1. The van der Waals surface area contributed by atoms with E-state index in [1.54, 1.807) is 0 Å². The molecule has 0 aliphatic rings. The molecule has 0 heterocycles. The Kier molecular flexibility index (Phi) is 15.8. The second kappa shape index (κ2) is 16.2. The van der Waals surface area contributed by atoms with Gasteiger partial charge in [0.25, 0.3) is 0 Å². The molecule has 6 N–H and O–H groups in total. The smallest absolute Gasteiger partial charge is 0.335 e. The number of hydrogen-bond acceptors (Lipinski definition) is 6. The fourth-order valence-corrected chi connectivity index (χ4v) is 1.60. The Morgan fingerprint density at radius 3 is 1.43 bits per heavy atom. The van der Waals surface area contributed by atoms with Crippen molar-refractivity contribution in [2.45, 2.75) is 51.7 Å². The summed E-state index contributed by atoms with van der Waals surface area (Å²) < 4.78 is 0. The number of aliphatic carboxylic acids is 2. The molecule has 0 saturated heterocycles. The summed E-state index contributed by atoms with van der Waals surface area (Å²) in [5.41, 5.74) is -0.0372. The van der Waals surface area contributed by atoms with Gasteiger partial charge in [-0.05, 0) is 37.5 Å². The van der Waals surface area contributed by atoms with E-state index in [2.05, 4.69) is 0 Å². The molecule has 0 radical (unpaired) electrons. The third-order valence-electron chi connectivity index (χ3n) is 2.93. The van der Waals surface area contributed by atoms with Crippen molar-refractivity contribution in [1.29, 1.82) is 0 Å². The molecule has 0 atom stereocenters. The number of aromatic carboxylic acids is 2. The number of rotatable bonds is 9. The van der Waals surface area contributed by atoms with Gasteiger partial charge in [0.15, 0.2) is 6.29 Å². The molecule has 0 aromatic heterocycles. The van der Waals surface area contributed by atoms with E-state index in [1.807, 2.05) is 6.92 Å². The normalized spacial score (nSPS) is 9.43. The highest BCUT2D eigenvalue weighted by molar-refractivity contribution is 5.93. The van der Waals surface area contributed by atoms with E-state index >= 15 is 0 Å². The maximum absolute atomic E-state index is 10.4. The van der Waals surface area contributed by atoms with Crippen molar-refractivity contribution in [3.63, 3.8) is 0 Å². The van der Waals surface area contributed by atoms with E-state index in [-0.39, 0.29) is 24.0 Å². The summed E-state index contributed by atoms with van der Waals surface area (Å²) in [5.74, 6) is -3.99. The lowest BCUT2D eigenvalue weighted by Crippen LogP contribution is -2.01. The lowest BCUT2D eigenvalue weighted by atomic mass is 10.1. The van der Waals surface area contributed by atoms with Gasteiger partial charge in [-0.3, -0.25) is 9.59 Å². The zero-order valence-corrected chi connectivity index (χ0v) is 15.4. The van der Waals surface area contributed by atoms with Crippen LogP contribution < -0.4 is 0 Å². The molecule has 1 aromatic rings. The van der Waals surface area contributed by atoms with Crippen LogP contribution in [-0.2, 0) is 9.59 Å². The average Bonchev–Trinajstić information content (AvgIpc) is 2.59. The molecule has 0 fully saturated rings. The first kappa shape index (κ1) is 27.2. The fraction of sp³-hybridized carbons (Fsp3) is 0.444. The third-order valence-corrected chi connectivity index (χ3v) is 2.93. The van der Waals surface area contributed by atoms with Crippen LogP contribution in [-0.4, -0.2) is 60.8 Å². The molecule has 0 amide bonds. The Morgan fingerprint density at radius 1 is 0.821 bits per heavy atom. The van der Waals surface area contributed by atoms with Gasteiger partial charge in [0, 0.05) is 12.8 Å². The van der Waals surface area contributed by atoms with Crippen molar-refractivity contribution in [2.75, 3.05) is 0 Å². The van der Waals surface area contributed by atoms with Crippen LogP contribution in [0.5, 0.6) is 0 Å². The van der Waals surface area contributed by atoms with Crippen LogP contribution in [0.15, 0.2) is 24.3 Å². The second-order valence-corrected chi connectivity index (χ2v) is 5.45. The van der Waals surface area contributed by atoms with Gasteiger partial charge in [-0.25, -0.2) is 9.59 Å². The standard InChI is InChI=1S/C8H6O4.C6H10O4.C4H10O2/c9-7(10)5-2-1-3-6(4-5)8(11)12;7-5(8)3-1-2-4-6(9)10;1-2-3-4(5)6/h1-4H,(H,9,10)(H,11,12);1-4H2,(H,7,8)(H,9,10);4-6H,2-3H2,1H3. The monoisotopic (exact) mass is 402 g/mol. The predicted molar refractivity (Wildman–Crippen MR) is 97.2 cm³/mol. The highest BCUT2D eigenvalue weighted by atomic mass is 16.5. The number of aliphatic hydroxyl groups is 2. The number of carbonyl (C=O) groups is 4. The number of benzene rings is 1. The summed E-state index contributed by atoms with van der Waals surface area (Å²) in [5, 5.41) is 49.5. The van der Waals surface area contributed by atoms with Crippen LogP contribution in [0, 0.1) is 0 Å². The third kappa shape index (κ3) is 17.8. The maximum Gasteiger partial charge on any atom is 0.335 e. The average molecular weight is 402 g/mol. The molecule has 28 heavy (non-hydrogen) atoms. The van der Waals surface area contributed by atoms with Crippen molar-refractivity contribution in [3.05, 3.63) is 35.4 Å². The molecule has 0 bridgehead atoms. The van der Waals surface area contributed by atoms with Gasteiger partial charge >= 0.3 is 23.9 Å². The molecule has 1 rings (SSSR count). The van der Waals surface area contributed by atoms with Crippen LogP contribution in [0.1, 0.15) is 66.2 Å². The molecule has 0 spiro atoms. The minimum Gasteiger partial charge on any atom is -0.481 e. The minimum atomic E-state index is -1.13. The number of carboxylic acid groups (broad SMARTS) is 4. The molecule has 158 valence electrons. The Bertz CT molecular complexity index is 579. The highest BCUT2D eigenvalue weighted by Crippen LogP contribution is 2.04. The first-order chi connectivity index (χ1) is 13.0. The molecule has 0 aliphatic heterocycles. The van der Waals surface area contributed by atoms with E-state index in [9.17, 15) is 19.2 Å². The Balaban J connectivity index is 0. The zero-order chi connectivity index (χ0) is 22.1. The predicted octanol–water partition coefficient (Wildman–Crippen LogP) is 1.90. The second-order valence-electron chi connectivity index (χ2n) is 5.45. The molecule has 1 aromatic carbocycles. The van der Waals surface area contributed by atoms with E-state index < -0.39 is 30.2 Å². The summed E-state index contributed by atoms with van der Waals surface area (Å²) in [7, 11) is 0. The van der Waals surface area contributed by atoms with Crippen LogP contribution in [0.2, 0.25) is 0 Å². The quantitative estimate of drug-likeness (QED) is 0.263. The zero-order valence-electron chi connectivity index (χ0n) is 15.4. The lowest BCUT2D eigenvalue weighted by Gasteiger charge is -1.95. The van der Waals surface area contributed by atoms with Crippen LogP contribution >= 0.6 is 0 Å². The Morgan fingerprint density at radius 2 is 1.21 bits per heavy atom. The van der Waals surface area contributed by atoms with Gasteiger partial charge in [0.1, 0.15) is 0 Å². The summed E-state index contributed by atoms with van der Waals surface area (Å²) >= 11 is 0. The van der Waals surface area contributed by atoms with Crippen LogP contribution in [0.4, 0.5) is 0 Å². The van der Waals surface area contributed by atoms with E-state index in [1.165, 1.54) is 18.2 Å². The summed E-state index contributed by atoms with van der Waals surface area (Å²) in [6, 6.07) is 5.20. The maximum atomic E-state index is 10.4. The molecule has 10 heteroatoms. The molecule has 0 saturated carbocycles. The summed E-state index contributed by atoms with van der Waals surface area (Å²) in [6.45, 7) is 1.90. The number of carboxylic acids is 4. The van der Waals surface area contributed by atoms with E-state index in [4.69, 9.17) is 30.6 Å². The fourth-order valence-electron chi connectivity index (χ4n) is 1.60. The van der Waals surface area contributed by atoms with Gasteiger partial charge in [0.2, 0.25) is 0 Å². The van der Waals surface area contributed by atoms with Crippen molar-refractivity contribution >= 4 is 23.9 Å². The first-order valence-corrected chi connectivity index (χ1v) is 8.37. The summed E-state index contributed by atoms with van der Waals surface area (Å²) in [4.78, 5) is 40.6. The molecule has 0 unspecified atom stereocenters. The van der Waals surface area contributed by atoms with Crippen molar-refractivity contribution in [2.24, 2.45) is 0 Å². The van der Waals surface area contributed by atoms with Gasteiger partial charge in [-0.1, -0.05) is 19.4 Å². The van der Waals surface area contributed by atoms with Crippen molar-refractivity contribution in [1.82, 2.24) is 0 Å². The number of unbranched alkanes of at least 4 members (excludes halogenated alkanes) is 1. The molecule has 0 aliphatic carbocycles. The van der Waals surface area contributed by atoms with Gasteiger partial charge in [0.05, 0.1) is 11.1 Å². The SMILES string of the molecule is CCCC(O)O.O=C(O)CCCCC(=O)O.O=C(O)c1cccc(C(=O)O)c1. The first-order valence-electron chi connectivity index (χ1n) is 8.37. The van der Waals surface area contributed by atoms with Gasteiger partial charge in [-0.15, -0.1) is 0 Å². The summed E-state index contributed by atoms with van der Waals surface area (Å²) in [6.07, 6.45) is 1.23.